The van der Waals surface area contributed by atoms with Crippen LogP contribution in [-0.2, 0) is 11.4 Å². The first-order chi connectivity index (χ1) is 13.7. The number of ether oxygens (including phenoxy) is 2. The second-order valence-corrected chi connectivity index (χ2v) is 6.57. The number of nitrogens with one attached hydrogen (secondary N) is 1. The number of hydrogen-bond acceptors (Lipinski definition) is 4. The van der Waals surface area contributed by atoms with Crippen molar-refractivity contribution < 1.29 is 14.3 Å². The van der Waals surface area contributed by atoms with Gasteiger partial charge >= 0.3 is 0 Å². The molecular formula is C23H24N2O3. The highest BCUT2D eigenvalue weighted by Crippen LogP contribution is 2.32. The van der Waals surface area contributed by atoms with Gasteiger partial charge in [-0.15, -0.1) is 0 Å². The summed E-state index contributed by atoms with van der Waals surface area (Å²) in [5, 5.41) is 2.89. The first-order valence-electron chi connectivity index (χ1n) is 9.20. The number of benzene rings is 2. The van der Waals surface area contributed by atoms with Crippen LogP contribution in [0.25, 0.3) is 0 Å². The predicted molar refractivity (Wildman–Crippen MR) is 110 cm³/mol. The van der Waals surface area contributed by atoms with Gasteiger partial charge < -0.3 is 14.8 Å². The van der Waals surface area contributed by atoms with Gasteiger partial charge in [0.1, 0.15) is 6.61 Å². The summed E-state index contributed by atoms with van der Waals surface area (Å²) in [4.78, 5) is 16.3. The van der Waals surface area contributed by atoms with E-state index in [-0.39, 0.29) is 11.8 Å². The number of pyridine rings is 1. The lowest BCUT2D eigenvalue weighted by atomic mass is 9.97. The van der Waals surface area contributed by atoms with Crippen molar-refractivity contribution in [2.75, 3.05) is 12.4 Å². The smallest absolute Gasteiger partial charge is 0.224 e. The topological polar surface area (TPSA) is 60.5 Å². The van der Waals surface area contributed by atoms with E-state index in [9.17, 15) is 4.79 Å². The number of rotatable bonds is 8. The van der Waals surface area contributed by atoms with Crippen molar-refractivity contribution in [1.29, 1.82) is 0 Å². The second-order valence-electron chi connectivity index (χ2n) is 6.57. The van der Waals surface area contributed by atoms with Crippen molar-refractivity contribution in [1.82, 2.24) is 4.98 Å². The average molecular weight is 376 g/mol. The van der Waals surface area contributed by atoms with Crippen LogP contribution in [0.5, 0.6) is 11.5 Å². The summed E-state index contributed by atoms with van der Waals surface area (Å²) in [5.74, 6) is 1.34. The number of nitrogens with zero attached hydrogens (tertiary/aromatic N) is 1. The maximum Gasteiger partial charge on any atom is 0.224 e. The molecule has 0 radical (unpaired) electrons. The van der Waals surface area contributed by atoms with Gasteiger partial charge in [-0.1, -0.05) is 43.3 Å². The first kappa shape index (κ1) is 19.4. The van der Waals surface area contributed by atoms with E-state index >= 15 is 0 Å². The minimum Gasteiger partial charge on any atom is -0.493 e. The molecule has 3 rings (SSSR count). The van der Waals surface area contributed by atoms with Gasteiger partial charge in [-0.3, -0.25) is 9.78 Å². The molecule has 3 aromatic rings. The number of carbonyl (C=O) groups excluding carboxylic acids is 1. The van der Waals surface area contributed by atoms with Gasteiger partial charge in [0.15, 0.2) is 11.5 Å². The molecule has 1 unspecified atom stereocenters. The van der Waals surface area contributed by atoms with Crippen LogP contribution in [0.15, 0.2) is 73.1 Å². The van der Waals surface area contributed by atoms with Gasteiger partial charge in [-0.2, -0.15) is 0 Å². The van der Waals surface area contributed by atoms with Crippen LogP contribution >= 0.6 is 0 Å². The maximum atomic E-state index is 12.3. The van der Waals surface area contributed by atoms with E-state index in [0.717, 1.165) is 16.8 Å². The largest absolute Gasteiger partial charge is 0.493 e. The molecule has 1 amide bonds. The Bertz CT molecular complexity index is 898. The fraction of sp³-hybridized carbons (Fsp3) is 0.217. The number of methoxy groups -OCH3 is 1. The fourth-order valence-corrected chi connectivity index (χ4v) is 2.89. The highest BCUT2D eigenvalue weighted by molar-refractivity contribution is 5.91. The molecule has 1 heterocycles. The number of hydrogen-bond donors (Lipinski definition) is 1. The third kappa shape index (κ3) is 5.33. The Balaban J connectivity index is 1.66. The zero-order valence-electron chi connectivity index (χ0n) is 16.1. The Kier molecular flexibility index (Phi) is 6.63. The van der Waals surface area contributed by atoms with Crippen molar-refractivity contribution in [2.45, 2.75) is 25.9 Å². The lowest BCUT2D eigenvalue weighted by Gasteiger charge is -2.16. The summed E-state index contributed by atoms with van der Waals surface area (Å²) in [7, 11) is 1.62. The average Bonchev–Trinajstić information content (AvgIpc) is 2.73. The van der Waals surface area contributed by atoms with Crippen LogP contribution < -0.4 is 14.8 Å². The number of amides is 1. The Morgan fingerprint density at radius 3 is 2.50 bits per heavy atom. The lowest BCUT2D eigenvalue weighted by Crippen LogP contribution is -2.14. The van der Waals surface area contributed by atoms with Crippen LogP contribution in [-0.4, -0.2) is 18.0 Å². The minimum atomic E-state index is -0.0405. The van der Waals surface area contributed by atoms with Gasteiger partial charge in [0, 0.05) is 24.5 Å². The number of aromatic nitrogens is 1. The molecule has 2 aromatic carbocycles. The summed E-state index contributed by atoms with van der Waals surface area (Å²) >= 11 is 0. The van der Waals surface area contributed by atoms with Gasteiger partial charge in [0.2, 0.25) is 5.91 Å². The van der Waals surface area contributed by atoms with Crippen molar-refractivity contribution in [3.8, 4) is 11.5 Å². The van der Waals surface area contributed by atoms with Gasteiger partial charge in [0.25, 0.3) is 0 Å². The molecule has 5 heteroatoms. The minimum absolute atomic E-state index is 0.0341. The van der Waals surface area contributed by atoms with E-state index in [0.29, 0.717) is 24.5 Å². The summed E-state index contributed by atoms with van der Waals surface area (Å²) in [5.41, 5.74) is 2.85. The molecule has 0 saturated carbocycles. The van der Waals surface area contributed by atoms with Gasteiger partial charge in [0.05, 0.1) is 7.11 Å². The quantitative estimate of drug-likeness (QED) is 0.613. The van der Waals surface area contributed by atoms with Crippen LogP contribution in [0.2, 0.25) is 0 Å². The van der Waals surface area contributed by atoms with E-state index in [2.05, 4.69) is 10.3 Å². The Morgan fingerprint density at radius 2 is 1.79 bits per heavy atom. The normalized spacial score (nSPS) is 11.5. The fourth-order valence-electron chi connectivity index (χ4n) is 2.89. The third-order valence-electron chi connectivity index (χ3n) is 4.45. The highest BCUT2D eigenvalue weighted by atomic mass is 16.5. The monoisotopic (exact) mass is 376 g/mol. The lowest BCUT2D eigenvalue weighted by molar-refractivity contribution is -0.116. The van der Waals surface area contributed by atoms with Crippen LogP contribution in [0.4, 0.5) is 5.69 Å². The number of anilines is 1. The summed E-state index contributed by atoms with van der Waals surface area (Å²) in [6.07, 6.45) is 3.67. The first-order valence-corrected chi connectivity index (χ1v) is 9.20. The molecule has 0 spiro atoms. The van der Waals surface area contributed by atoms with Crippen molar-refractivity contribution in [3.05, 3.63) is 84.2 Å². The van der Waals surface area contributed by atoms with E-state index < -0.39 is 0 Å². The molecule has 1 N–H and O–H groups in total. The Labute approximate surface area is 165 Å². The molecule has 0 aliphatic rings. The molecule has 0 aliphatic heterocycles. The van der Waals surface area contributed by atoms with Crippen molar-refractivity contribution in [2.24, 2.45) is 0 Å². The molecular weight excluding hydrogens is 352 g/mol. The molecule has 0 saturated heterocycles. The Morgan fingerprint density at radius 1 is 1.04 bits per heavy atom. The summed E-state index contributed by atoms with van der Waals surface area (Å²) < 4.78 is 11.4. The standard InChI is InChI=1S/C23H24N2O3/c1-17(14-23(26)25-20-10-12-24-13-11-20)19-8-9-21(27-2)22(15-19)28-16-18-6-4-3-5-7-18/h3-13,15,17H,14,16H2,1-2H3,(H,24,25,26). The van der Waals surface area contributed by atoms with Gasteiger partial charge in [-0.05, 0) is 41.3 Å². The van der Waals surface area contributed by atoms with E-state index in [1.165, 1.54) is 0 Å². The summed E-state index contributed by atoms with van der Waals surface area (Å²) in [6.45, 7) is 2.48. The SMILES string of the molecule is COc1ccc(C(C)CC(=O)Nc2ccncc2)cc1OCc1ccccc1. The highest BCUT2D eigenvalue weighted by Gasteiger charge is 2.15. The van der Waals surface area contributed by atoms with E-state index in [4.69, 9.17) is 9.47 Å². The third-order valence-corrected chi connectivity index (χ3v) is 4.45. The zero-order valence-corrected chi connectivity index (χ0v) is 16.1. The summed E-state index contributed by atoms with van der Waals surface area (Å²) in [6, 6.07) is 19.3. The van der Waals surface area contributed by atoms with E-state index in [1.54, 1.807) is 31.6 Å². The van der Waals surface area contributed by atoms with Crippen LogP contribution in [0.1, 0.15) is 30.4 Å². The zero-order chi connectivity index (χ0) is 19.8. The second kappa shape index (κ2) is 9.55. The molecule has 0 aliphatic carbocycles. The molecule has 144 valence electrons. The maximum absolute atomic E-state index is 12.3. The van der Waals surface area contributed by atoms with Gasteiger partial charge in [-0.25, -0.2) is 0 Å². The molecule has 0 bridgehead atoms. The Hall–Kier alpha value is -3.34. The predicted octanol–water partition coefficient (Wildman–Crippen LogP) is 4.80. The van der Waals surface area contributed by atoms with Crippen molar-refractivity contribution in [3.63, 3.8) is 0 Å². The molecule has 0 fully saturated rings. The molecule has 1 atom stereocenters. The number of carbonyl (C=O) groups is 1. The molecule has 28 heavy (non-hydrogen) atoms. The van der Waals surface area contributed by atoms with E-state index in [1.807, 2.05) is 55.5 Å². The molecule has 5 nitrogen and oxygen atoms in total. The molecule has 1 aromatic heterocycles. The van der Waals surface area contributed by atoms with Crippen LogP contribution in [0, 0.1) is 0 Å². The van der Waals surface area contributed by atoms with Crippen LogP contribution in [0.3, 0.4) is 0 Å². The van der Waals surface area contributed by atoms with Crippen molar-refractivity contribution >= 4 is 11.6 Å².